The lowest BCUT2D eigenvalue weighted by Gasteiger charge is -2.32. The van der Waals surface area contributed by atoms with E-state index in [1.165, 1.54) is 12.1 Å². The van der Waals surface area contributed by atoms with Gasteiger partial charge < -0.3 is 5.32 Å². The molecule has 1 heterocycles. The smallest absolute Gasteiger partial charge is 0.255 e. The van der Waals surface area contributed by atoms with Crippen LogP contribution in [-0.4, -0.2) is 31.2 Å². The summed E-state index contributed by atoms with van der Waals surface area (Å²) >= 11 is 0. The second-order valence-electron chi connectivity index (χ2n) is 6.81. The highest BCUT2D eigenvalue weighted by Gasteiger charge is 2.30. The Balaban J connectivity index is 1.76. The van der Waals surface area contributed by atoms with Gasteiger partial charge in [-0.3, -0.25) is 4.79 Å². The van der Waals surface area contributed by atoms with Crippen molar-refractivity contribution < 1.29 is 13.2 Å². The Morgan fingerprint density at radius 2 is 1.85 bits per heavy atom. The number of carbonyl (C=O) groups excluding carboxylic acids is 1. The number of benzene rings is 2. The number of rotatable bonds is 4. The number of hydrogen-bond donors (Lipinski definition) is 1. The molecular weight excluding hydrogens is 348 g/mol. The molecule has 26 heavy (non-hydrogen) atoms. The third-order valence-corrected chi connectivity index (χ3v) is 6.77. The molecule has 5 nitrogen and oxygen atoms in total. The van der Waals surface area contributed by atoms with Crippen LogP contribution in [0.2, 0.25) is 0 Å². The number of sulfonamides is 1. The van der Waals surface area contributed by atoms with Crippen LogP contribution >= 0.6 is 0 Å². The maximum absolute atomic E-state index is 12.8. The molecule has 1 fully saturated rings. The zero-order valence-electron chi connectivity index (χ0n) is 15.1. The summed E-state index contributed by atoms with van der Waals surface area (Å²) in [6.07, 6.45) is 2.84. The molecule has 0 aliphatic carbocycles. The molecule has 0 unspecified atom stereocenters. The fraction of sp³-hybridized carbons (Fsp3) is 0.350. The number of nitrogens with one attached hydrogen (secondary N) is 1. The van der Waals surface area contributed by atoms with E-state index in [-0.39, 0.29) is 16.8 Å². The summed E-state index contributed by atoms with van der Waals surface area (Å²) in [7, 11) is -3.52. The number of aryl methyl sites for hydroxylation is 1. The molecule has 1 atom stereocenters. The lowest BCUT2D eigenvalue weighted by molar-refractivity contribution is 0.102. The minimum absolute atomic E-state index is 0.0121. The normalized spacial score (nSPS) is 18.5. The first-order valence-corrected chi connectivity index (χ1v) is 10.3. The molecule has 2 aromatic rings. The zero-order valence-corrected chi connectivity index (χ0v) is 15.9. The van der Waals surface area contributed by atoms with E-state index in [2.05, 4.69) is 5.32 Å². The molecule has 0 radical (unpaired) electrons. The van der Waals surface area contributed by atoms with Gasteiger partial charge in [0.2, 0.25) is 10.0 Å². The van der Waals surface area contributed by atoms with Gasteiger partial charge in [-0.05, 0) is 68.7 Å². The van der Waals surface area contributed by atoms with Gasteiger partial charge in [-0.2, -0.15) is 4.31 Å². The Morgan fingerprint density at radius 3 is 2.50 bits per heavy atom. The van der Waals surface area contributed by atoms with Crippen LogP contribution in [0.25, 0.3) is 0 Å². The maximum atomic E-state index is 12.8. The Hall–Kier alpha value is -2.18. The van der Waals surface area contributed by atoms with Gasteiger partial charge in [-0.1, -0.05) is 18.6 Å². The summed E-state index contributed by atoms with van der Waals surface area (Å²) in [4.78, 5) is 12.6. The van der Waals surface area contributed by atoms with E-state index >= 15 is 0 Å². The Labute approximate surface area is 155 Å². The van der Waals surface area contributed by atoms with Crippen LogP contribution in [0.5, 0.6) is 0 Å². The fourth-order valence-electron chi connectivity index (χ4n) is 3.27. The van der Waals surface area contributed by atoms with Gasteiger partial charge in [0.25, 0.3) is 5.91 Å². The van der Waals surface area contributed by atoms with Crippen LogP contribution in [0.4, 0.5) is 5.69 Å². The van der Waals surface area contributed by atoms with Gasteiger partial charge >= 0.3 is 0 Å². The van der Waals surface area contributed by atoms with Crippen molar-refractivity contribution in [3.05, 3.63) is 59.7 Å². The number of amides is 1. The highest BCUT2D eigenvalue weighted by atomic mass is 32.2. The standard InChI is InChI=1S/C20H24N2O3S/c1-15-6-5-8-18(14-15)21-20(23)17-9-11-19(12-10-17)26(24,25)22-13-4-3-7-16(22)2/h5-6,8-12,14,16H,3-4,7,13H2,1-2H3,(H,21,23)/t16-/m1/s1. The number of carbonyl (C=O) groups is 1. The third kappa shape index (κ3) is 3.97. The number of piperidine rings is 1. The molecule has 0 saturated carbocycles. The van der Waals surface area contributed by atoms with Crippen molar-refractivity contribution in [3.63, 3.8) is 0 Å². The summed E-state index contributed by atoms with van der Waals surface area (Å²) in [5.74, 6) is -0.258. The number of nitrogens with zero attached hydrogens (tertiary/aromatic N) is 1. The monoisotopic (exact) mass is 372 g/mol. The molecule has 1 amide bonds. The molecule has 0 bridgehead atoms. The Morgan fingerprint density at radius 1 is 1.12 bits per heavy atom. The topological polar surface area (TPSA) is 66.5 Å². The summed E-state index contributed by atoms with van der Waals surface area (Å²) < 4.78 is 27.2. The van der Waals surface area contributed by atoms with Crippen molar-refractivity contribution in [2.75, 3.05) is 11.9 Å². The average Bonchev–Trinajstić information content (AvgIpc) is 2.62. The van der Waals surface area contributed by atoms with E-state index in [1.54, 1.807) is 16.4 Å². The van der Waals surface area contributed by atoms with Gasteiger partial charge in [0.1, 0.15) is 0 Å². The third-order valence-electron chi connectivity index (χ3n) is 4.74. The van der Waals surface area contributed by atoms with Gasteiger partial charge in [-0.25, -0.2) is 8.42 Å². The van der Waals surface area contributed by atoms with E-state index in [9.17, 15) is 13.2 Å². The molecule has 1 aliphatic rings. The molecule has 1 aliphatic heterocycles. The fourth-order valence-corrected chi connectivity index (χ4v) is 4.97. The van der Waals surface area contributed by atoms with E-state index in [1.807, 2.05) is 38.1 Å². The minimum atomic E-state index is -3.52. The van der Waals surface area contributed by atoms with Crippen molar-refractivity contribution in [1.82, 2.24) is 4.31 Å². The minimum Gasteiger partial charge on any atom is -0.322 e. The van der Waals surface area contributed by atoms with Crippen LogP contribution in [0.1, 0.15) is 42.1 Å². The SMILES string of the molecule is Cc1cccc(NC(=O)c2ccc(S(=O)(=O)N3CCCC[C@H]3C)cc2)c1. The summed E-state index contributed by atoms with van der Waals surface area (Å²) in [5.41, 5.74) is 2.20. The summed E-state index contributed by atoms with van der Waals surface area (Å²) in [6.45, 7) is 4.45. The molecule has 138 valence electrons. The van der Waals surface area contributed by atoms with Crippen LogP contribution in [-0.2, 0) is 10.0 Å². The molecule has 2 aromatic carbocycles. The van der Waals surface area contributed by atoms with Crippen molar-refractivity contribution in [2.24, 2.45) is 0 Å². The molecule has 1 N–H and O–H groups in total. The first-order chi connectivity index (χ1) is 12.4. The van der Waals surface area contributed by atoms with Crippen LogP contribution in [0.15, 0.2) is 53.4 Å². The Bertz CT molecular complexity index is 892. The lowest BCUT2D eigenvalue weighted by atomic mass is 10.1. The summed E-state index contributed by atoms with van der Waals surface area (Å²) in [6, 6.07) is 13.7. The van der Waals surface area contributed by atoms with Crippen molar-refractivity contribution in [2.45, 2.75) is 44.0 Å². The molecule has 0 spiro atoms. The number of anilines is 1. The van der Waals surface area contributed by atoms with Crippen molar-refractivity contribution in [3.8, 4) is 0 Å². The average molecular weight is 372 g/mol. The molecule has 0 aromatic heterocycles. The van der Waals surface area contributed by atoms with Gasteiger partial charge in [0.15, 0.2) is 0 Å². The van der Waals surface area contributed by atoms with Crippen molar-refractivity contribution in [1.29, 1.82) is 0 Å². The molecule has 3 rings (SSSR count). The molecule has 1 saturated heterocycles. The van der Waals surface area contributed by atoms with E-state index in [0.29, 0.717) is 17.8 Å². The quantitative estimate of drug-likeness (QED) is 0.887. The largest absolute Gasteiger partial charge is 0.322 e. The first-order valence-electron chi connectivity index (χ1n) is 8.88. The van der Waals surface area contributed by atoms with Gasteiger partial charge in [0, 0.05) is 23.8 Å². The van der Waals surface area contributed by atoms with Crippen LogP contribution in [0.3, 0.4) is 0 Å². The van der Waals surface area contributed by atoms with E-state index in [4.69, 9.17) is 0 Å². The van der Waals surface area contributed by atoms with Crippen LogP contribution < -0.4 is 5.32 Å². The second-order valence-corrected chi connectivity index (χ2v) is 8.70. The van der Waals surface area contributed by atoms with Crippen molar-refractivity contribution >= 4 is 21.6 Å². The van der Waals surface area contributed by atoms with E-state index in [0.717, 1.165) is 24.8 Å². The maximum Gasteiger partial charge on any atom is 0.255 e. The lowest BCUT2D eigenvalue weighted by Crippen LogP contribution is -2.41. The number of hydrogen-bond acceptors (Lipinski definition) is 3. The molecular formula is C20H24N2O3S. The summed E-state index contributed by atoms with van der Waals surface area (Å²) in [5, 5.41) is 2.83. The molecule has 6 heteroatoms. The predicted octanol–water partition coefficient (Wildman–Crippen LogP) is 3.81. The Kier molecular flexibility index (Phi) is 5.44. The highest BCUT2D eigenvalue weighted by Crippen LogP contribution is 2.25. The zero-order chi connectivity index (χ0) is 18.7. The second kappa shape index (κ2) is 7.60. The van der Waals surface area contributed by atoms with Gasteiger partial charge in [0.05, 0.1) is 4.90 Å². The van der Waals surface area contributed by atoms with E-state index < -0.39 is 10.0 Å². The first kappa shape index (κ1) is 18.6. The van der Waals surface area contributed by atoms with Gasteiger partial charge in [-0.15, -0.1) is 0 Å². The highest BCUT2D eigenvalue weighted by molar-refractivity contribution is 7.89. The van der Waals surface area contributed by atoms with Crippen LogP contribution in [0, 0.1) is 6.92 Å². The predicted molar refractivity (Wildman–Crippen MR) is 103 cm³/mol.